The van der Waals surface area contributed by atoms with Gasteiger partial charge in [-0.15, -0.1) is 0 Å². The lowest BCUT2D eigenvalue weighted by Crippen LogP contribution is -2.45. The standard InChI is InChI=1S/C59H111N2O6P/c1-6-8-10-12-14-16-18-20-22-24-26-28-29-30-31-33-34-36-38-40-42-44-46-48-50-52-58(62)57(56-67-68(64,65)66-55-54-61(3,4)5)60-59(63)53-51-49-47-45-43-41-39-37-35-32-27-25-23-21-19-17-15-13-11-9-7-2/h9,11,15,17,21,23,27,32,50,52,57-58,62H,6-8,10,12-14,16,18-20,22,24-26,28-31,33-49,51,53-56H2,1-5H3,(H-,60,63,64,65)/b11-9-,17-15-,23-21-,32-27-,52-50+. The van der Waals surface area contributed by atoms with Gasteiger partial charge < -0.3 is 28.8 Å². The number of phosphoric acid groups is 1. The molecular weight excluding hydrogens is 864 g/mol. The first-order valence-corrected chi connectivity index (χ1v) is 30.1. The van der Waals surface area contributed by atoms with Gasteiger partial charge in [-0.1, -0.05) is 254 Å². The molecule has 0 saturated heterocycles. The van der Waals surface area contributed by atoms with E-state index in [2.05, 4.69) is 67.8 Å². The monoisotopic (exact) mass is 975 g/mol. The van der Waals surface area contributed by atoms with E-state index < -0.39 is 20.0 Å². The fourth-order valence-corrected chi connectivity index (χ4v) is 8.99. The van der Waals surface area contributed by atoms with E-state index in [0.717, 1.165) is 77.0 Å². The van der Waals surface area contributed by atoms with Crippen LogP contribution in [0.5, 0.6) is 0 Å². The first-order valence-electron chi connectivity index (χ1n) is 28.7. The van der Waals surface area contributed by atoms with E-state index in [-0.39, 0.29) is 19.1 Å². The van der Waals surface area contributed by atoms with E-state index in [0.29, 0.717) is 17.4 Å². The second-order valence-corrected chi connectivity index (χ2v) is 22.0. The Bertz CT molecular complexity index is 1290. The number of nitrogens with zero attached hydrogens (tertiary/aromatic N) is 1. The molecule has 68 heavy (non-hydrogen) atoms. The molecular formula is C59H111N2O6P. The molecule has 9 heteroatoms. The van der Waals surface area contributed by atoms with Crippen LogP contribution in [0.3, 0.4) is 0 Å². The van der Waals surface area contributed by atoms with Gasteiger partial charge in [0.2, 0.25) is 5.91 Å². The van der Waals surface area contributed by atoms with Crippen LogP contribution in [-0.4, -0.2) is 68.5 Å². The topological polar surface area (TPSA) is 108 Å². The van der Waals surface area contributed by atoms with Crippen LogP contribution < -0.4 is 10.2 Å². The molecule has 0 rings (SSSR count). The molecule has 398 valence electrons. The van der Waals surface area contributed by atoms with Gasteiger partial charge in [0, 0.05) is 6.42 Å². The quantitative estimate of drug-likeness (QED) is 0.0272. The summed E-state index contributed by atoms with van der Waals surface area (Å²) in [5.41, 5.74) is 0. The number of unbranched alkanes of at least 4 members (excludes halogenated alkanes) is 31. The average Bonchev–Trinajstić information content (AvgIpc) is 3.30. The molecule has 0 aromatic heterocycles. The Morgan fingerprint density at radius 2 is 0.897 bits per heavy atom. The van der Waals surface area contributed by atoms with Crippen molar-refractivity contribution in [2.45, 2.75) is 270 Å². The van der Waals surface area contributed by atoms with Crippen LogP contribution in [0.4, 0.5) is 0 Å². The Morgan fingerprint density at radius 1 is 0.529 bits per heavy atom. The highest BCUT2D eigenvalue weighted by Crippen LogP contribution is 2.38. The number of rotatable bonds is 52. The number of aliphatic hydroxyl groups is 1. The van der Waals surface area contributed by atoms with Crippen LogP contribution in [-0.2, 0) is 18.4 Å². The van der Waals surface area contributed by atoms with Gasteiger partial charge in [-0.3, -0.25) is 9.36 Å². The van der Waals surface area contributed by atoms with Crippen LogP contribution in [0.1, 0.15) is 258 Å². The van der Waals surface area contributed by atoms with Crippen molar-refractivity contribution in [3.05, 3.63) is 60.8 Å². The second kappa shape index (κ2) is 50.2. The summed E-state index contributed by atoms with van der Waals surface area (Å²) >= 11 is 0. The van der Waals surface area contributed by atoms with E-state index in [9.17, 15) is 19.4 Å². The number of phosphoric ester groups is 1. The van der Waals surface area contributed by atoms with Crippen LogP contribution in [0.25, 0.3) is 0 Å². The normalized spacial score (nSPS) is 14.4. The molecule has 0 spiro atoms. The van der Waals surface area contributed by atoms with Gasteiger partial charge in [0.05, 0.1) is 39.9 Å². The molecule has 8 nitrogen and oxygen atoms in total. The Kier molecular flexibility index (Phi) is 48.8. The zero-order valence-electron chi connectivity index (χ0n) is 45.3. The molecule has 0 aliphatic heterocycles. The summed E-state index contributed by atoms with van der Waals surface area (Å²) in [6, 6.07) is -0.894. The smallest absolute Gasteiger partial charge is 0.268 e. The summed E-state index contributed by atoms with van der Waals surface area (Å²) in [4.78, 5) is 25.5. The number of hydrogen-bond acceptors (Lipinski definition) is 6. The molecule has 0 radical (unpaired) electrons. The molecule has 0 fully saturated rings. The van der Waals surface area contributed by atoms with Crippen LogP contribution in [0, 0.1) is 0 Å². The maximum absolute atomic E-state index is 13.0. The van der Waals surface area contributed by atoms with Crippen molar-refractivity contribution in [2.75, 3.05) is 40.9 Å². The van der Waals surface area contributed by atoms with Crippen molar-refractivity contribution in [1.29, 1.82) is 0 Å². The summed E-state index contributed by atoms with van der Waals surface area (Å²) in [5, 5.41) is 13.9. The minimum absolute atomic E-state index is 0.00461. The third kappa shape index (κ3) is 52.0. The Balaban J connectivity index is 4.24. The number of nitrogens with one attached hydrogen (secondary N) is 1. The number of aliphatic hydroxyl groups excluding tert-OH is 1. The lowest BCUT2D eigenvalue weighted by atomic mass is 10.0. The molecule has 0 aliphatic carbocycles. The van der Waals surface area contributed by atoms with Crippen molar-refractivity contribution in [3.63, 3.8) is 0 Å². The number of amides is 1. The minimum Gasteiger partial charge on any atom is -0.756 e. The third-order valence-corrected chi connectivity index (χ3v) is 13.7. The molecule has 1 amide bonds. The largest absolute Gasteiger partial charge is 0.756 e. The Morgan fingerprint density at radius 3 is 1.31 bits per heavy atom. The van der Waals surface area contributed by atoms with Crippen molar-refractivity contribution >= 4 is 13.7 Å². The Hall–Kier alpha value is -1.80. The first-order chi connectivity index (χ1) is 33.0. The summed E-state index contributed by atoms with van der Waals surface area (Å²) in [5.74, 6) is -0.205. The predicted octanol–water partition coefficient (Wildman–Crippen LogP) is 16.7. The van der Waals surface area contributed by atoms with Crippen molar-refractivity contribution < 1.29 is 32.9 Å². The highest BCUT2D eigenvalue weighted by Gasteiger charge is 2.23. The molecule has 0 saturated carbocycles. The predicted molar refractivity (Wildman–Crippen MR) is 293 cm³/mol. The molecule has 0 aromatic rings. The molecule has 0 aliphatic rings. The van der Waals surface area contributed by atoms with Gasteiger partial charge in [-0.05, 0) is 57.8 Å². The van der Waals surface area contributed by atoms with Gasteiger partial charge in [-0.2, -0.15) is 0 Å². The van der Waals surface area contributed by atoms with Gasteiger partial charge in [0.1, 0.15) is 13.2 Å². The number of hydrogen-bond donors (Lipinski definition) is 2. The summed E-state index contributed by atoms with van der Waals surface area (Å²) in [6.45, 7) is 4.55. The molecule has 2 N–H and O–H groups in total. The number of carbonyl (C=O) groups excluding carboxylic acids is 1. The van der Waals surface area contributed by atoms with E-state index in [1.54, 1.807) is 6.08 Å². The van der Waals surface area contributed by atoms with Crippen molar-refractivity contribution in [1.82, 2.24) is 5.32 Å². The fraction of sp³-hybridized carbons (Fsp3) is 0.814. The molecule has 0 bridgehead atoms. The van der Waals surface area contributed by atoms with Crippen molar-refractivity contribution in [2.24, 2.45) is 0 Å². The number of allylic oxidation sites excluding steroid dienone is 9. The zero-order valence-corrected chi connectivity index (χ0v) is 46.2. The highest BCUT2D eigenvalue weighted by molar-refractivity contribution is 7.45. The maximum atomic E-state index is 13.0. The van der Waals surface area contributed by atoms with Crippen molar-refractivity contribution in [3.8, 4) is 0 Å². The summed E-state index contributed by atoms with van der Waals surface area (Å²) in [6.07, 6.45) is 67.2. The fourth-order valence-electron chi connectivity index (χ4n) is 8.26. The van der Waals surface area contributed by atoms with E-state index in [4.69, 9.17) is 9.05 Å². The van der Waals surface area contributed by atoms with Crippen LogP contribution >= 0.6 is 7.82 Å². The lowest BCUT2D eigenvalue weighted by molar-refractivity contribution is -0.870. The molecule has 0 aromatic carbocycles. The Labute approximate surface area is 422 Å². The second-order valence-electron chi connectivity index (χ2n) is 20.6. The summed E-state index contributed by atoms with van der Waals surface area (Å²) in [7, 11) is 1.25. The maximum Gasteiger partial charge on any atom is 0.268 e. The van der Waals surface area contributed by atoms with Gasteiger partial charge in [0.25, 0.3) is 7.82 Å². The highest BCUT2D eigenvalue weighted by atomic mass is 31.2. The van der Waals surface area contributed by atoms with E-state index >= 15 is 0 Å². The van der Waals surface area contributed by atoms with Crippen LogP contribution in [0.2, 0.25) is 0 Å². The van der Waals surface area contributed by atoms with E-state index in [1.807, 2.05) is 27.2 Å². The first kappa shape index (κ1) is 66.2. The molecule has 0 heterocycles. The third-order valence-electron chi connectivity index (χ3n) is 12.7. The molecule has 3 unspecified atom stereocenters. The van der Waals surface area contributed by atoms with Gasteiger partial charge in [0.15, 0.2) is 0 Å². The van der Waals surface area contributed by atoms with Crippen LogP contribution in [0.15, 0.2) is 60.8 Å². The minimum atomic E-state index is -4.60. The van der Waals surface area contributed by atoms with E-state index in [1.165, 1.54) is 161 Å². The van der Waals surface area contributed by atoms with Gasteiger partial charge >= 0.3 is 0 Å². The SMILES string of the molecule is CC/C=C\C/C=C\C/C=C\C/C=C\CCCCCCCCCCC(=O)NC(COP(=O)([O-])OCC[N+](C)(C)C)C(O)/C=C/CCCCCCCCCCCCCCCCCCCCCCCCC. The number of carbonyl (C=O) groups is 1. The zero-order chi connectivity index (χ0) is 49.9. The number of quaternary nitrogens is 1. The number of likely N-dealkylation sites (N-methyl/N-ethyl adjacent to an activating group) is 1. The summed E-state index contributed by atoms with van der Waals surface area (Å²) < 4.78 is 23.4. The lowest BCUT2D eigenvalue weighted by Gasteiger charge is -2.29. The molecule has 3 atom stereocenters. The average molecular weight is 976 g/mol. The van der Waals surface area contributed by atoms with Gasteiger partial charge in [-0.25, -0.2) is 0 Å².